The van der Waals surface area contributed by atoms with Crippen LogP contribution >= 0.6 is 0 Å². The first-order valence-electron chi connectivity index (χ1n) is 8.29. The summed E-state index contributed by atoms with van der Waals surface area (Å²) in [5.74, 6) is 0.792. The first-order valence-corrected chi connectivity index (χ1v) is 8.29. The highest BCUT2D eigenvalue weighted by Gasteiger charge is 2.23. The van der Waals surface area contributed by atoms with Crippen LogP contribution in [0.5, 0.6) is 0 Å². The monoisotopic (exact) mass is 308 g/mol. The number of hydrogen-bond donors (Lipinski definition) is 2. The minimum absolute atomic E-state index is 0.0418. The molecule has 3 rings (SSSR count). The molecule has 2 aromatic carbocycles. The Morgan fingerprint density at radius 1 is 1.13 bits per heavy atom. The van der Waals surface area contributed by atoms with Crippen LogP contribution in [0, 0.1) is 12.8 Å². The highest BCUT2D eigenvalue weighted by molar-refractivity contribution is 5.88. The van der Waals surface area contributed by atoms with Gasteiger partial charge in [-0.15, -0.1) is 0 Å². The lowest BCUT2D eigenvalue weighted by Crippen LogP contribution is -2.24. The van der Waals surface area contributed by atoms with Gasteiger partial charge in [-0.1, -0.05) is 42.0 Å². The van der Waals surface area contributed by atoms with Gasteiger partial charge >= 0.3 is 0 Å². The number of carbonyl (C=O) groups excluding carboxylic acids is 1. The Hall–Kier alpha value is -2.13. The van der Waals surface area contributed by atoms with Gasteiger partial charge in [0.2, 0.25) is 5.91 Å². The van der Waals surface area contributed by atoms with E-state index in [4.69, 9.17) is 0 Å². The number of nitrogens with one attached hydrogen (secondary N) is 2. The van der Waals surface area contributed by atoms with Crippen molar-refractivity contribution in [2.75, 3.05) is 11.9 Å². The molecule has 0 aromatic heterocycles. The van der Waals surface area contributed by atoms with Crippen LogP contribution in [0.1, 0.15) is 42.5 Å². The Morgan fingerprint density at radius 2 is 1.87 bits per heavy atom. The number of aryl methyl sites for hydroxylation is 1. The smallest absolute Gasteiger partial charge is 0.221 e. The fourth-order valence-electron chi connectivity index (χ4n) is 2.85. The van der Waals surface area contributed by atoms with Crippen molar-refractivity contribution in [2.45, 2.75) is 32.7 Å². The summed E-state index contributed by atoms with van der Waals surface area (Å²) in [6.45, 7) is 4.72. The van der Waals surface area contributed by atoms with Crippen molar-refractivity contribution >= 4 is 11.6 Å². The molecule has 23 heavy (non-hydrogen) atoms. The molecule has 120 valence electrons. The van der Waals surface area contributed by atoms with E-state index in [0.717, 1.165) is 18.2 Å². The molecule has 1 saturated carbocycles. The molecule has 1 aliphatic rings. The molecule has 0 bridgehead atoms. The van der Waals surface area contributed by atoms with Crippen molar-refractivity contribution in [1.82, 2.24) is 5.32 Å². The minimum Gasteiger partial charge on any atom is -0.326 e. The first-order chi connectivity index (χ1) is 11.1. The van der Waals surface area contributed by atoms with Crippen molar-refractivity contribution < 1.29 is 4.79 Å². The van der Waals surface area contributed by atoms with Crippen LogP contribution in [0.4, 0.5) is 5.69 Å². The molecule has 1 atom stereocenters. The Kier molecular flexibility index (Phi) is 4.77. The summed E-state index contributed by atoms with van der Waals surface area (Å²) in [7, 11) is 0. The maximum absolute atomic E-state index is 11.2. The third-order valence-electron chi connectivity index (χ3n) is 4.25. The van der Waals surface area contributed by atoms with E-state index in [0.29, 0.717) is 0 Å². The normalized spacial score (nSPS) is 15.2. The second-order valence-corrected chi connectivity index (χ2v) is 6.50. The number of anilines is 1. The van der Waals surface area contributed by atoms with Gasteiger partial charge in [-0.25, -0.2) is 0 Å². The largest absolute Gasteiger partial charge is 0.326 e. The van der Waals surface area contributed by atoms with Crippen LogP contribution in [0.2, 0.25) is 0 Å². The summed E-state index contributed by atoms with van der Waals surface area (Å²) < 4.78 is 0. The molecule has 0 saturated heterocycles. The summed E-state index contributed by atoms with van der Waals surface area (Å²) >= 11 is 0. The summed E-state index contributed by atoms with van der Waals surface area (Å²) in [5, 5.41) is 6.54. The summed E-state index contributed by atoms with van der Waals surface area (Å²) in [6.07, 6.45) is 2.68. The average molecular weight is 308 g/mol. The molecule has 1 amide bonds. The Bertz CT molecular complexity index is 674. The van der Waals surface area contributed by atoms with Crippen LogP contribution in [-0.2, 0) is 4.79 Å². The van der Waals surface area contributed by atoms with Gasteiger partial charge in [0.1, 0.15) is 0 Å². The standard InChI is InChI=1S/C20H24N2O/c1-14-4-3-5-18(12-14)20(21-13-16-6-7-16)17-8-10-19(11-9-17)22-15(2)23/h3-5,8-12,16,20-21H,6-7,13H2,1-2H3,(H,22,23). The third kappa shape index (κ3) is 4.42. The molecule has 1 aliphatic carbocycles. The van der Waals surface area contributed by atoms with Crippen molar-refractivity contribution in [3.05, 3.63) is 65.2 Å². The van der Waals surface area contributed by atoms with Crippen molar-refractivity contribution in [3.63, 3.8) is 0 Å². The number of benzene rings is 2. The zero-order valence-electron chi connectivity index (χ0n) is 13.8. The second kappa shape index (κ2) is 6.97. The quantitative estimate of drug-likeness (QED) is 0.845. The number of rotatable bonds is 6. The Balaban J connectivity index is 1.82. The molecule has 0 radical (unpaired) electrons. The molecule has 2 aromatic rings. The molecule has 2 N–H and O–H groups in total. The van der Waals surface area contributed by atoms with Crippen molar-refractivity contribution in [2.24, 2.45) is 5.92 Å². The van der Waals surface area contributed by atoms with Gasteiger partial charge in [0, 0.05) is 12.6 Å². The van der Waals surface area contributed by atoms with E-state index in [9.17, 15) is 4.79 Å². The number of amides is 1. The van der Waals surface area contributed by atoms with Gasteiger partial charge in [0.15, 0.2) is 0 Å². The molecule has 0 spiro atoms. The molecular weight excluding hydrogens is 284 g/mol. The van der Waals surface area contributed by atoms with E-state index in [1.165, 1.54) is 36.5 Å². The zero-order chi connectivity index (χ0) is 16.2. The highest BCUT2D eigenvalue weighted by atomic mass is 16.1. The summed E-state index contributed by atoms with van der Waals surface area (Å²) in [5.41, 5.74) is 4.63. The Morgan fingerprint density at radius 3 is 2.48 bits per heavy atom. The highest BCUT2D eigenvalue weighted by Crippen LogP contribution is 2.30. The molecule has 3 nitrogen and oxygen atoms in total. The second-order valence-electron chi connectivity index (χ2n) is 6.50. The van der Waals surface area contributed by atoms with Crippen LogP contribution in [0.15, 0.2) is 48.5 Å². The Labute approximate surface area is 138 Å². The van der Waals surface area contributed by atoms with Crippen LogP contribution in [0.25, 0.3) is 0 Å². The van der Waals surface area contributed by atoms with Gasteiger partial charge in [-0.3, -0.25) is 4.79 Å². The van der Waals surface area contributed by atoms with Gasteiger partial charge < -0.3 is 10.6 Å². The first kappa shape index (κ1) is 15.8. The van der Waals surface area contributed by atoms with E-state index in [-0.39, 0.29) is 11.9 Å². The number of hydrogen-bond acceptors (Lipinski definition) is 2. The van der Waals surface area contributed by atoms with Gasteiger partial charge in [-0.2, -0.15) is 0 Å². The molecule has 1 unspecified atom stereocenters. The van der Waals surface area contributed by atoms with E-state index < -0.39 is 0 Å². The van der Waals surface area contributed by atoms with E-state index in [1.807, 2.05) is 12.1 Å². The van der Waals surface area contributed by atoms with Gasteiger partial charge in [0.25, 0.3) is 0 Å². The van der Waals surface area contributed by atoms with Crippen LogP contribution in [0.3, 0.4) is 0 Å². The topological polar surface area (TPSA) is 41.1 Å². The molecular formula is C20H24N2O. The SMILES string of the molecule is CC(=O)Nc1ccc(C(NCC2CC2)c2cccc(C)c2)cc1. The van der Waals surface area contributed by atoms with Gasteiger partial charge in [-0.05, 0) is 55.5 Å². The fourth-order valence-corrected chi connectivity index (χ4v) is 2.85. The van der Waals surface area contributed by atoms with Crippen LogP contribution in [-0.4, -0.2) is 12.5 Å². The maximum Gasteiger partial charge on any atom is 0.221 e. The minimum atomic E-state index is -0.0418. The molecule has 0 aliphatic heterocycles. The van der Waals surface area contributed by atoms with Crippen LogP contribution < -0.4 is 10.6 Å². The van der Waals surface area contributed by atoms with E-state index >= 15 is 0 Å². The van der Waals surface area contributed by atoms with Crippen molar-refractivity contribution in [1.29, 1.82) is 0 Å². The zero-order valence-corrected chi connectivity index (χ0v) is 13.8. The van der Waals surface area contributed by atoms with Crippen molar-refractivity contribution in [3.8, 4) is 0 Å². The lowest BCUT2D eigenvalue weighted by Gasteiger charge is -2.21. The van der Waals surface area contributed by atoms with E-state index in [2.05, 4.69) is 54.0 Å². The predicted molar refractivity (Wildman–Crippen MR) is 94.5 cm³/mol. The summed E-state index contributed by atoms with van der Waals surface area (Å²) in [6, 6.07) is 17.0. The number of carbonyl (C=O) groups is 1. The lowest BCUT2D eigenvalue weighted by atomic mass is 9.97. The van der Waals surface area contributed by atoms with E-state index in [1.54, 1.807) is 0 Å². The fraction of sp³-hybridized carbons (Fsp3) is 0.350. The lowest BCUT2D eigenvalue weighted by molar-refractivity contribution is -0.114. The molecule has 0 heterocycles. The van der Waals surface area contributed by atoms with Gasteiger partial charge in [0.05, 0.1) is 6.04 Å². The molecule has 1 fully saturated rings. The predicted octanol–water partition coefficient (Wildman–Crippen LogP) is 4.04. The third-order valence-corrected chi connectivity index (χ3v) is 4.25. The summed E-state index contributed by atoms with van der Waals surface area (Å²) in [4.78, 5) is 11.2. The average Bonchev–Trinajstić information content (AvgIpc) is 3.33. The maximum atomic E-state index is 11.2. The molecule has 3 heteroatoms.